The van der Waals surface area contributed by atoms with Gasteiger partial charge in [0.25, 0.3) is 11.6 Å². The van der Waals surface area contributed by atoms with Gasteiger partial charge in [0.15, 0.2) is 6.61 Å². The molecule has 8 heteroatoms. The summed E-state index contributed by atoms with van der Waals surface area (Å²) >= 11 is 0. The third kappa shape index (κ3) is 6.43. The Balaban J connectivity index is 1.85. The van der Waals surface area contributed by atoms with Crippen LogP contribution in [0.3, 0.4) is 0 Å². The summed E-state index contributed by atoms with van der Waals surface area (Å²) in [6, 6.07) is 12.8. The Labute approximate surface area is 156 Å². The van der Waals surface area contributed by atoms with Crippen LogP contribution in [0.1, 0.15) is 12.0 Å². The zero-order valence-electron chi connectivity index (χ0n) is 15.2. The number of aryl methyl sites for hydroxylation is 1. The quantitative estimate of drug-likeness (QED) is 0.568. The van der Waals surface area contributed by atoms with E-state index in [1.165, 1.54) is 24.3 Å². The highest BCUT2D eigenvalue weighted by atomic mass is 16.6. The van der Waals surface area contributed by atoms with Crippen molar-refractivity contribution in [2.75, 3.05) is 26.0 Å². The number of carbonyl (C=O) groups is 2. The molecule has 0 aliphatic rings. The first-order valence-electron chi connectivity index (χ1n) is 8.31. The number of benzene rings is 2. The van der Waals surface area contributed by atoms with Crippen molar-refractivity contribution in [1.82, 2.24) is 4.90 Å². The third-order valence-corrected chi connectivity index (χ3v) is 3.75. The lowest BCUT2D eigenvalue weighted by atomic mass is 10.1. The standard InChI is InChI=1S/C19H21N3O5/c1-21(2)19(24)11-6-14-4-3-5-15(12-14)20-18(23)13-27-17-9-7-16(8-10-17)22(25)26/h3-5,7-10,12H,6,11,13H2,1-2H3,(H,20,23). The van der Waals surface area contributed by atoms with E-state index in [1.54, 1.807) is 25.1 Å². The van der Waals surface area contributed by atoms with Gasteiger partial charge in [-0.05, 0) is 36.2 Å². The largest absolute Gasteiger partial charge is 0.484 e. The second-order valence-corrected chi connectivity index (χ2v) is 6.08. The number of amides is 2. The van der Waals surface area contributed by atoms with E-state index in [4.69, 9.17) is 4.74 Å². The molecular weight excluding hydrogens is 350 g/mol. The molecule has 0 spiro atoms. The Morgan fingerprint density at radius 1 is 1.15 bits per heavy atom. The Morgan fingerprint density at radius 2 is 1.85 bits per heavy atom. The highest BCUT2D eigenvalue weighted by Gasteiger charge is 2.08. The molecule has 0 saturated heterocycles. The molecule has 2 aromatic rings. The van der Waals surface area contributed by atoms with Gasteiger partial charge in [0.05, 0.1) is 4.92 Å². The smallest absolute Gasteiger partial charge is 0.269 e. The van der Waals surface area contributed by atoms with E-state index in [1.807, 2.05) is 18.2 Å². The maximum atomic E-state index is 12.0. The summed E-state index contributed by atoms with van der Waals surface area (Å²) in [5.41, 5.74) is 1.51. The van der Waals surface area contributed by atoms with Crippen LogP contribution in [0.15, 0.2) is 48.5 Å². The van der Waals surface area contributed by atoms with Gasteiger partial charge in [-0.25, -0.2) is 0 Å². The molecule has 0 atom stereocenters. The van der Waals surface area contributed by atoms with Crippen molar-refractivity contribution < 1.29 is 19.2 Å². The van der Waals surface area contributed by atoms with E-state index in [-0.39, 0.29) is 24.1 Å². The van der Waals surface area contributed by atoms with Crippen molar-refractivity contribution in [3.8, 4) is 5.75 Å². The number of anilines is 1. The molecule has 2 amide bonds. The zero-order chi connectivity index (χ0) is 19.8. The second kappa shape index (κ2) is 9.33. The molecule has 2 aromatic carbocycles. The number of rotatable bonds is 8. The van der Waals surface area contributed by atoms with E-state index in [9.17, 15) is 19.7 Å². The lowest BCUT2D eigenvalue weighted by Crippen LogP contribution is -2.22. The van der Waals surface area contributed by atoms with E-state index in [0.29, 0.717) is 24.3 Å². The van der Waals surface area contributed by atoms with Gasteiger partial charge in [-0.15, -0.1) is 0 Å². The van der Waals surface area contributed by atoms with Crippen LogP contribution in [0.4, 0.5) is 11.4 Å². The van der Waals surface area contributed by atoms with E-state index in [0.717, 1.165) is 5.56 Å². The maximum Gasteiger partial charge on any atom is 0.269 e. The number of nitro benzene ring substituents is 1. The van der Waals surface area contributed by atoms with Crippen LogP contribution < -0.4 is 10.1 Å². The summed E-state index contributed by atoms with van der Waals surface area (Å²) in [6.07, 6.45) is 0.980. The number of carbonyl (C=O) groups excluding carboxylic acids is 2. The average Bonchev–Trinajstić information content (AvgIpc) is 2.65. The summed E-state index contributed by atoms with van der Waals surface area (Å²) in [7, 11) is 3.42. The highest BCUT2D eigenvalue weighted by molar-refractivity contribution is 5.92. The fourth-order valence-corrected chi connectivity index (χ4v) is 2.29. The molecule has 0 unspecified atom stereocenters. The predicted molar refractivity (Wildman–Crippen MR) is 101 cm³/mol. The minimum absolute atomic E-state index is 0.0425. The molecule has 0 fully saturated rings. The first-order chi connectivity index (χ1) is 12.8. The molecule has 8 nitrogen and oxygen atoms in total. The number of nitro groups is 1. The molecule has 1 N–H and O–H groups in total. The molecule has 0 aliphatic heterocycles. The second-order valence-electron chi connectivity index (χ2n) is 6.08. The maximum absolute atomic E-state index is 12.0. The monoisotopic (exact) mass is 371 g/mol. The fraction of sp³-hybridized carbons (Fsp3) is 0.263. The molecule has 0 aromatic heterocycles. The minimum Gasteiger partial charge on any atom is -0.484 e. The van der Waals surface area contributed by atoms with Crippen LogP contribution >= 0.6 is 0 Å². The molecule has 0 aliphatic carbocycles. The molecule has 0 heterocycles. The van der Waals surface area contributed by atoms with Crippen molar-refractivity contribution in [2.24, 2.45) is 0 Å². The number of hydrogen-bond donors (Lipinski definition) is 1. The fourth-order valence-electron chi connectivity index (χ4n) is 2.29. The van der Waals surface area contributed by atoms with Gasteiger partial charge >= 0.3 is 0 Å². The van der Waals surface area contributed by atoms with Gasteiger partial charge in [0, 0.05) is 38.3 Å². The number of nitrogens with one attached hydrogen (secondary N) is 1. The van der Waals surface area contributed by atoms with Crippen molar-refractivity contribution >= 4 is 23.2 Å². The SMILES string of the molecule is CN(C)C(=O)CCc1cccc(NC(=O)COc2ccc([N+](=O)[O-])cc2)c1. The molecule has 0 saturated carbocycles. The van der Waals surface area contributed by atoms with Gasteiger partial charge in [0.1, 0.15) is 5.75 Å². The third-order valence-electron chi connectivity index (χ3n) is 3.75. The highest BCUT2D eigenvalue weighted by Crippen LogP contribution is 2.17. The normalized spacial score (nSPS) is 10.1. The molecule has 0 radical (unpaired) electrons. The predicted octanol–water partition coefficient (Wildman–Crippen LogP) is 2.63. The zero-order valence-corrected chi connectivity index (χ0v) is 15.2. The number of hydrogen-bond acceptors (Lipinski definition) is 5. The minimum atomic E-state index is -0.504. The first kappa shape index (κ1) is 19.9. The van der Waals surface area contributed by atoms with Gasteiger partial charge in [-0.1, -0.05) is 12.1 Å². The molecule has 0 bridgehead atoms. The van der Waals surface area contributed by atoms with E-state index >= 15 is 0 Å². The number of non-ortho nitro benzene ring substituents is 1. The number of nitrogens with zero attached hydrogens (tertiary/aromatic N) is 2. The van der Waals surface area contributed by atoms with Crippen LogP contribution in [0, 0.1) is 10.1 Å². The summed E-state index contributed by atoms with van der Waals surface area (Å²) < 4.78 is 5.33. The van der Waals surface area contributed by atoms with Gasteiger partial charge in [-0.3, -0.25) is 19.7 Å². The van der Waals surface area contributed by atoms with E-state index < -0.39 is 4.92 Å². The summed E-state index contributed by atoms with van der Waals surface area (Å²) in [4.78, 5) is 35.3. The lowest BCUT2D eigenvalue weighted by molar-refractivity contribution is -0.384. The molecular formula is C19H21N3O5. The Kier molecular flexibility index (Phi) is 6.87. The van der Waals surface area contributed by atoms with Crippen LogP contribution in [0.25, 0.3) is 0 Å². The van der Waals surface area contributed by atoms with Gasteiger partial charge < -0.3 is 15.0 Å². The van der Waals surface area contributed by atoms with Crippen molar-refractivity contribution in [3.05, 3.63) is 64.2 Å². The molecule has 27 heavy (non-hydrogen) atoms. The topological polar surface area (TPSA) is 102 Å². The Morgan fingerprint density at radius 3 is 2.48 bits per heavy atom. The molecule has 2 rings (SSSR count). The summed E-state index contributed by atoms with van der Waals surface area (Å²) in [5.74, 6) is 0.0579. The van der Waals surface area contributed by atoms with Crippen molar-refractivity contribution in [1.29, 1.82) is 0 Å². The van der Waals surface area contributed by atoms with Gasteiger partial charge in [-0.2, -0.15) is 0 Å². The van der Waals surface area contributed by atoms with E-state index in [2.05, 4.69) is 5.32 Å². The average molecular weight is 371 g/mol. The summed E-state index contributed by atoms with van der Waals surface area (Å²) in [5, 5.41) is 13.3. The van der Waals surface area contributed by atoms with Crippen molar-refractivity contribution in [3.63, 3.8) is 0 Å². The summed E-state index contributed by atoms with van der Waals surface area (Å²) in [6.45, 7) is -0.221. The lowest BCUT2D eigenvalue weighted by Gasteiger charge is -2.11. The van der Waals surface area contributed by atoms with Crippen molar-refractivity contribution in [2.45, 2.75) is 12.8 Å². The molecule has 142 valence electrons. The Bertz CT molecular complexity index is 818. The van der Waals surface area contributed by atoms with Crippen LogP contribution in [0.5, 0.6) is 5.75 Å². The van der Waals surface area contributed by atoms with Gasteiger partial charge in [0.2, 0.25) is 5.91 Å². The van der Waals surface area contributed by atoms with Crippen LogP contribution in [-0.4, -0.2) is 42.3 Å². The van der Waals surface area contributed by atoms with Crippen LogP contribution in [-0.2, 0) is 16.0 Å². The van der Waals surface area contributed by atoms with Crippen LogP contribution in [0.2, 0.25) is 0 Å². The number of ether oxygens (including phenoxy) is 1. The Hall–Kier alpha value is -3.42. The first-order valence-corrected chi connectivity index (χ1v) is 8.31.